The number of para-hydroxylation sites is 1. The molecule has 0 unspecified atom stereocenters. The summed E-state index contributed by atoms with van der Waals surface area (Å²) in [6, 6.07) is 9.68. The van der Waals surface area contributed by atoms with Crippen molar-refractivity contribution in [3.05, 3.63) is 48.4 Å². The minimum Gasteiger partial charge on any atom is -0.438 e. The number of rotatable bonds is 3. The Morgan fingerprint density at radius 3 is 2.71 bits per heavy atom. The zero-order chi connectivity index (χ0) is 15.0. The summed E-state index contributed by atoms with van der Waals surface area (Å²) in [5, 5.41) is 8.07. The summed E-state index contributed by atoms with van der Waals surface area (Å²) >= 11 is 0. The van der Waals surface area contributed by atoms with Crippen LogP contribution in [0.25, 0.3) is 10.9 Å². The maximum Gasteiger partial charge on any atom is 0.291 e. The third-order valence-electron chi connectivity index (χ3n) is 2.92. The zero-order valence-corrected chi connectivity index (χ0v) is 11.5. The number of fused-ring (bicyclic) bond motifs is 1. The number of primary sulfonamides is 1. The summed E-state index contributed by atoms with van der Waals surface area (Å²) in [4.78, 5) is 15.1. The average molecular weight is 305 g/mol. The summed E-state index contributed by atoms with van der Waals surface area (Å²) < 4.78 is 27.2. The molecule has 0 spiro atoms. The van der Waals surface area contributed by atoms with Gasteiger partial charge in [-0.15, -0.1) is 0 Å². The van der Waals surface area contributed by atoms with Gasteiger partial charge in [-0.05, 0) is 24.3 Å². The molecule has 21 heavy (non-hydrogen) atoms. The van der Waals surface area contributed by atoms with Crippen LogP contribution < -0.4 is 10.5 Å². The molecule has 3 aromatic rings. The summed E-state index contributed by atoms with van der Waals surface area (Å²) in [7, 11) is -3.97. The SMILES string of the molecule is NS(=O)(=O)c1ccc(C(=O)Nc2cccc3cc[nH]c23)o1. The van der Waals surface area contributed by atoms with Gasteiger partial charge in [-0.25, -0.2) is 13.6 Å². The van der Waals surface area contributed by atoms with Crippen molar-refractivity contribution in [1.29, 1.82) is 0 Å². The Morgan fingerprint density at radius 2 is 2.00 bits per heavy atom. The van der Waals surface area contributed by atoms with E-state index in [1.165, 1.54) is 6.07 Å². The fourth-order valence-corrected chi connectivity index (χ4v) is 2.43. The van der Waals surface area contributed by atoms with Crippen molar-refractivity contribution < 1.29 is 17.6 Å². The number of sulfonamides is 1. The third-order valence-corrected chi connectivity index (χ3v) is 3.70. The molecule has 1 aromatic carbocycles. The van der Waals surface area contributed by atoms with Gasteiger partial charge in [0.1, 0.15) is 0 Å². The van der Waals surface area contributed by atoms with Crippen LogP contribution in [0.1, 0.15) is 10.6 Å². The Morgan fingerprint density at radius 1 is 1.19 bits per heavy atom. The number of hydrogen-bond donors (Lipinski definition) is 3. The molecule has 0 radical (unpaired) electrons. The molecule has 2 heterocycles. The number of furan rings is 1. The lowest BCUT2D eigenvalue weighted by Crippen LogP contribution is -2.13. The predicted octanol–water partition coefficient (Wildman–Crippen LogP) is 1.66. The quantitative estimate of drug-likeness (QED) is 0.681. The largest absolute Gasteiger partial charge is 0.438 e. The van der Waals surface area contributed by atoms with Crippen LogP contribution in [0.4, 0.5) is 5.69 Å². The number of H-pyrrole nitrogens is 1. The summed E-state index contributed by atoms with van der Waals surface area (Å²) in [5.41, 5.74) is 1.33. The molecule has 0 aliphatic carbocycles. The van der Waals surface area contributed by atoms with Gasteiger partial charge in [0.25, 0.3) is 15.9 Å². The minimum atomic E-state index is -3.97. The maximum absolute atomic E-state index is 12.1. The van der Waals surface area contributed by atoms with E-state index in [1.807, 2.05) is 12.1 Å². The van der Waals surface area contributed by atoms with E-state index in [1.54, 1.807) is 18.3 Å². The smallest absolute Gasteiger partial charge is 0.291 e. The Balaban J connectivity index is 1.90. The molecule has 0 atom stereocenters. The topological polar surface area (TPSA) is 118 Å². The fraction of sp³-hybridized carbons (Fsp3) is 0. The molecular formula is C13H11N3O4S. The van der Waals surface area contributed by atoms with Gasteiger partial charge in [-0.1, -0.05) is 12.1 Å². The molecular weight excluding hydrogens is 294 g/mol. The van der Waals surface area contributed by atoms with E-state index in [0.29, 0.717) is 5.69 Å². The molecule has 0 fully saturated rings. The molecule has 1 amide bonds. The first-order chi connectivity index (χ1) is 9.95. The van der Waals surface area contributed by atoms with E-state index in [-0.39, 0.29) is 5.76 Å². The highest BCUT2D eigenvalue weighted by molar-refractivity contribution is 7.89. The number of nitrogens with two attached hydrogens (primary N) is 1. The lowest BCUT2D eigenvalue weighted by atomic mass is 10.2. The van der Waals surface area contributed by atoms with Gasteiger partial charge in [0.2, 0.25) is 5.09 Å². The van der Waals surface area contributed by atoms with Crippen LogP contribution >= 0.6 is 0 Å². The fourth-order valence-electron chi connectivity index (χ4n) is 1.97. The molecule has 108 valence electrons. The van der Waals surface area contributed by atoms with Crippen LogP contribution in [0, 0.1) is 0 Å². The maximum atomic E-state index is 12.1. The van der Waals surface area contributed by atoms with Crippen molar-refractivity contribution in [3.8, 4) is 0 Å². The highest BCUT2D eigenvalue weighted by Gasteiger charge is 2.18. The van der Waals surface area contributed by atoms with E-state index in [0.717, 1.165) is 17.0 Å². The van der Waals surface area contributed by atoms with Crippen LogP contribution in [-0.4, -0.2) is 19.3 Å². The molecule has 0 aliphatic heterocycles. The zero-order valence-electron chi connectivity index (χ0n) is 10.7. The second-order valence-electron chi connectivity index (χ2n) is 4.37. The Bertz CT molecular complexity index is 924. The average Bonchev–Trinajstić information content (AvgIpc) is 3.07. The van der Waals surface area contributed by atoms with E-state index >= 15 is 0 Å². The first-order valence-corrected chi connectivity index (χ1v) is 7.50. The molecule has 8 heteroatoms. The predicted molar refractivity (Wildman–Crippen MR) is 76.3 cm³/mol. The minimum absolute atomic E-state index is 0.136. The standard InChI is InChI=1S/C13H11N3O4S/c14-21(18,19)11-5-4-10(20-11)13(17)16-9-3-1-2-8-6-7-15-12(8)9/h1-7,15H,(H,16,17)(H2,14,18,19). The van der Waals surface area contributed by atoms with Crippen molar-refractivity contribution in [2.45, 2.75) is 5.09 Å². The van der Waals surface area contributed by atoms with Crippen molar-refractivity contribution in [2.24, 2.45) is 5.14 Å². The number of anilines is 1. The van der Waals surface area contributed by atoms with E-state index in [9.17, 15) is 13.2 Å². The number of hydrogen-bond acceptors (Lipinski definition) is 4. The lowest BCUT2D eigenvalue weighted by Gasteiger charge is -2.04. The first kappa shape index (κ1) is 13.4. The normalized spacial score (nSPS) is 11.7. The van der Waals surface area contributed by atoms with Crippen LogP contribution in [0.3, 0.4) is 0 Å². The van der Waals surface area contributed by atoms with Gasteiger partial charge < -0.3 is 14.7 Å². The van der Waals surface area contributed by atoms with Crippen molar-refractivity contribution >= 4 is 32.5 Å². The molecule has 0 aliphatic rings. The molecule has 2 aromatic heterocycles. The number of aromatic nitrogens is 1. The summed E-state index contributed by atoms with van der Waals surface area (Å²) in [5.74, 6) is -0.699. The van der Waals surface area contributed by atoms with E-state index < -0.39 is 21.0 Å². The monoisotopic (exact) mass is 305 g/mol. The highest BCUT2D eigenvalue weighted by atomic mass is 32.2. The first-order valence-electron chi connectivity index (χ1n) is 5.95. The molecule has 4 N–H and O–H groups in total. The van der Waals surface area contributed by atoms with Crippen molar-refractivity contribution in [1.82, 2.24) is 4.98 Å². The van der Waals surface area contributed by atoms with Crippen molar-refractivity contribution in [2.75, 3.05) is 5.32 Å². The van der Waals surface area contributed by atoms with E-state index in [4.69, 9.17) is 9.56 Å². The van der Waals surface area contributed by atoms with Crippen LogP contribution in [0.5, 0.6) is 0 Å². The second-order valence-corrected chi connectivity index (χ2v) is 5.86. The van der Waals surface area contributed by atoms with Crippen LogP contribution in [0.15, 0.2) is 52.1 Å². The summed E-state index contributed by atoms with van der Waals surface area (Å²) in [6.45, 7) is 0. The van der Waals surface area contributed by atoms with Gasteiger partial charge in [-0.2, -0.15) is 0 Å². The Labute approximate surface area is 119 Å². The number of carbonyl (C=O) groups excluding carboxylic acids is 1. The third kappa shape index (κ3) is 2.54. The number of aromatic amines is 1. The molecule has 3 rings (SSSR count). The number of benzene rings is 1. The number of amides is 1. The number of nitrogens with one attached hydrogen (secondary N) is 2. The Hall–Kier alpha value is -2.58. The van der Waals surface area contributed by atoms with Crippen molar-refractivity contribution in [3.63, 3.8) is 0 Å². The van der Waals surface area contributed by atoms with Gasteiger partial charge >= 0.3 is 0 Å². The number of carbonyl (C=O) groups is 1. The lowest BCUT2D eigenvalue weighted by molar-refractivity contribution is 0.0992. The molecule has 0 bridgehead atoms. The van der Waals surface area contributed by atoms with Gasteiger partial charge in [0, 0.05) is 11.6 Å². The van der Waals surface area contributed by atoms with Gasteiger partial charge in [0.05, 0.1) is 11.2 Å². The molecule has 0 saturated heterocycles. The molecule has 7 nitrogen and oxygen atoms in total. The Kier molecular flexibility index (Phi) is 3.04. The van der Waals surface area contributed by atoms with Gasteiger partial charge in [0.15, 0.2) is 5.76 Å². The van der Waals surface area contributed by atoms with Gasteiger partial charge in [-0.3, -0.25) is 4.79 Å². The highest BCUT2D eigenvalue weighted by Crippen LogP contribution is 2.22. The second kappa shape index (κ2) is 4.76. The molecule has 0 saturated carbocycles. The van der Waals surface area contributed by atoms with Crippen LogP contribution in [0.2, 0.25) is 0 Å². The summed E-state index contributed by atoms with van der Waals surface area (Å²) in [6.07, 6.45) is 1.76. The van der Waals surface area contributed by atoms with E-state index in [2.05, 4.69) is 10.3 Å². The van der Waals surface area contributed by atoms with Crippen LogP contribution in [-0.2, 0) is 10.0 Å².